The number of halogens is 1. The topological polar surface area (TPSA) is 51.2 Å². The minimum absolute atomic E-state index is 0.402. The van der Waals surface area contributed by atoms with Crippen LogP contribution in [0.3, 0.4) is 0 Å². The van der Waals surface area contributed by atoms with Crippen LogP contribution in [0.15, 0.2) is 34.9 Å². The Kier molecular flexibility index (Phi) is 3.28. The largest absolute Gasteiger partial charge is 0.464 e. The second-order valence-electron chi connectivity index (χ2n) is 4.88. The van der Waals surface area contributed by atoms with Crippen LogP contribution in [-0.4, -0.2) is 14.9 Å². The average Bonchev–Trinajstić information content (AvgIpc) is 2.96. The summed E-state index contributed by atoms with van der Waals surface area (Å²) in [6, 6.07) is 7.65. The van der Waals surface area contributed by atoms with Crippen LogP contribution in [0.5, 0.6) is 0 Å². The third kappa shape index (κ3) is 2.11. The quantitative estimate of drug-likeness (QED) is 0.804. The zero-order valence-electron chi connectivity index (χ0n) is 11.3. The van der Waals surface area contributed by atoms with Gasteiger partial charge in [0, 0.05) is 24.4 Å². The molecule has 0 aliphatic carbocycles. The first-order chi connectivity index (χ1) is 9.58. The number of hydrogen-bond donors (Lipinski definition) is 1. The molecule has 0 amide bonds. The normalized spacial score (nSPS) is 13.0. The molecule has 4 nitrogen and oxygen atoms in total. The number of aliphatic hydroxyl groups is 1. The predicted octanol–water partition coefficient (Wildman–Crippen LogP) is 3.40. The van der Waals surface area contributed by atoms with Crippen LogP contribution in [0.25, 0.3) is 11.0 Å². The molecule has 3 aromatic rings. The minimum atomic E-state index is -0.675. The Balaban J connectivity index is 1.95. The summed E-state index contributed by atoms with van der Waals surface area (Å²) in [6.07, 6.45) is 1.33. The molecule has 104 valence electrons. The van der Waals surface area contributed by atoms with E-state index in [0.717, 1.165) is 27.9 Å². The second kappa shape index (κ2) is 4.96. The maximum absolute atomic E-state index is 10.5. The van der Waals surface area contributed by atoms with E-state index < -0.39 is 6.10 Å². The lowest BCUT2D eigenvalue weighted by atomic mass is 10.0. The number of aliphatic hydroxyl groups excluding tert-OH is 1. The fourth-order valence-corrected chi connectivity index (χ4v) is 2.69. The summed E-state index contributed by atoms with van der Waals surface area (Å²) in [5.74, 6) is 0. The molecule has 1 atom stereocenters. The maximum atomic E-state index is 10.5. The van der Waals surface area contributed by atoms with Crippen molar-refractivity contribution >= 4 is 22.6 Å². The smallest absolute Gasteiger partial charge is 0.134 e. The highest BCUT2D eigenvalue weighted by Crippen LogP contribution is 2.30. The van der Waals surface area contributed by atoms with E-state index in [1.807, 2.05) is 38.2 Å². The molecule has 0 radical (unpaired) electrons. The first-order valence-corrected chi connectivity index (χ1v) is 6.78. The lowest BCUT2D eigenvalue weighted by Crippen LogP contribution is -2.06. The van der Waals surface area contributed by atoms with Gasteiger partial charge >= 0.3 is 0 Å². The van der Waals surface area contributed by atoms with Crippen molar-refractivity contribution in [3.8, 4) is 0 Å². The summed E-state index contributed by atoms with van der Waals surface area (Å²) in [5.41, 5.74) is 3.14. The van der Waals surface area contributed by atoms with E-state index in [2.05, 4.69) is 5.10 Å². The Labute approximate surface area is 121 Å². The summed E-state index contributed by atoms with van der Waals surface area (Å²) in [5, 5.41) is 16.3. The first-order valence-electron chi connectivity index (χ1n) is 6.40. The van der Waals surface area contributed by atoms with Gasteiger partial charge in [-0.2, -0.15) is 5.10 Å². The van der Waals surface area contributed by atoms with Crippen molar-refractivity contribution < 1.29 is 9.52 Å². The van der Waals surface area contributed by atoms with Crippen molar-refractivity contribution in [2.75, 3.05) is 0 Å². The van der Waals surface area contributed by atoms with E-state index in [-0.39, 0.29) is 0 Å². The zero-order valence-corrected chi connectivity index (χ0v) is 12.1. The van der Waals surface area contributed by atoms with Crippen molar-refractivity contribution in [1.82, 2.24) is 9.78 Å². The Bertz CT molecular complexity index is 760. The predicted molar refractivity (Wildman–Crippen MR) is 77.8 cm³/mol. The molecule has 20 heavy (non-hydrogen) atoms. The minimum Gasteiger partial charge on any atom is -0.464 e. The first kappa shape index (κ1) is 13.2. The molecule has 5 heteroatoms. The number of hydrogen-bond acceptors (Lipinski definition) is 3. The molecule has 1 N–H and O–H groups in total. The van der Waals surface area contributed by atoms with Crippen molar-refractivity contribution in [3.05, 3.63) is 52.5 Å². The van der Waals surface area contributed by atoms with Crippen LogP contribution in [0, 0.1) is 6.92 Å². The molecule has 0 bridgehead atoms. The molecule has 0 fully saturated rings. The van der Waals surface area contributed by atoms with E-state index in [1.54, 1.807) is 10.9 Å². The van der Waals surface area contributed by atoms with Gasteiger partial charge in [-0.15, -0.1) is 0 Å². The fourth-order valence-electron chi connectivity index (χ4n) is 2.45. The Morgan fingerprint density at radius 2 is 2.15 bits per heavy atom. The molecular formula is C15H15ClN2O2. The van der Waals surface area contributed by atoms with Crippen LogP contribution in [0.2, 0.25) is 5.02 Å². The SMILES string of the molecule is Cc1nn(C)c(CC(O)c2coc3ccccc23)c1Cl. The molecule has 0 aliphatic heterocycles. The van der Waals surface area contributed by atoms with Crippen LogP contribution < -0.4 is 0 Å². The zero-order chi connectivity index (χ0) is 14.3. The molecule has 0 saturated carbocycles. The number of fused-ring (bicyclic) bond motifs is 1. The molecule has 0 spiro atoms. The van der Waals surface area contributed by atoms with E-state index in [0.29, 0.717) is 11.4 Å². The van der Waals surface area contributed by atoms with Crippen LogP contribution in [0.1, 0.15) is 23.1 Å². The lowest BCUT2D eigenvalue weighted by Gasteiger charge is -2.10. The molecule has 0 aliphatic rings. The van der Waals surface area contributed by atoms with Gasteiger partial charge in [-0.3, -0.25) is 4.68 Å². The number of nitrogens with zero attached hydrogens (tertiary/aromatic N) is 2. The highest BCUT2D eigenvalue weighted by Gasteiger charge is 2.19. The Morgan fingerprint density at radius 3 is 2.85 bits per heavy atom. The molecule has 2 aromatic heterocycles. The van der Waals surface area contributed by atoms with Crippen LogP contribution in [0.4, 0.5) is 0 Å². The Hall–Kier alpha value is -1.78. The van der Waals surface area contributed by atoms with Gasteiger partial charge in [-0.25, -0.2) is 0 Å². The summed E-state index contributed by atoms with van der Waals surface area (Å²) in [7, 11) is 1.83. The number of benzene rings is 1. The summed E-state index contributed by atoms with van der Waals surface area (Å²) in [4.78, 5) is 0. The highest BCUT2D eigenvalue weighted by molar-refractivity contribution is 6.31. The second-order valence-corrected chi connectivity index (χ2v) is 5.25. The molecule has 3 rings (SSSR count). The average molecular weight is 291 g/mol. The lowest BCUT2D eigenvalue weighted by molar-refractivity contribution is 0.176. The summed E-state index contributed by atoms with van der Waals surface area (Å²) < 4.78 is 7.17. The number of aromatic nitrogens is 2. The van der Waals surface area contributed by atoms with E-state index >= 15 is 0 Å². The summed E-state index contributed by atoms with van der Waals surface area (Å²) >= 11 is 6.22. The molecular weight excluding hydrogens is 276 g/mol. The number of aryl methyl sites for hydroxylation is 2. The van der Waals surface area contributed by atoms with Crippen molar-refractivity contribution in [1.29, 1.82) is 0 Å². The van der Waals surface area contributed by atoms with Gasteiger partial charge in [0.15, 0.2) is 0 Å². The third-order valence-electron chi connectivity index (χ3n) is 3.52. The van der Waals surface area contributed by atoms with Gasteiger partial charge in [-0.1, -0.05) is 29.8 Å². The van der Waals surface area contributed by atoms with Crippen molar-refractivity contribution in [2.24, 2.45) is 7.05 Å². The number of para-hydroxylation sites is 1. The van der Waals surface area contributed by atoms with Gasteiger partial charge in [0.05, 0.1) is 28.8 Å². The highest BCUT2D eigenvalue weighted by atomic mass is 35.5. The van der Waals surface area contributed by atoms with Crippen molar-refractivity contribution in [2.45, 2.75) is 19.4 Å². The van der Waals surface area contributed by atoms with E-state index in [9.17, 15) is 5.11 Å². The molecule has 0 saturated heterocycles. The third-order valence-corrected chi connectivity index (χ3v) is 4.01. The fraction of sp³-hybridized carbons (Fsp3) is 0.267. The molecule has 1 aromatic carbocycles. The Morgan fingerprint density at radius 1 is 1.40 bits per heavy atom. The van der Waals surface area contributed by atoms with Gasteiger partial charge in [-0.05, 0) is 13.0 Å². The van der Waals surface area contributed by atoms with E-state index in [4.69, 9.17) is 16.0 Å². The number of rotatable bonds is 3. The van der Waals surface area contributed by atoms with Gasteiger partial charge in [0.25, 0.3) is 0 Å². The maximum Gasteiger partial charge on any atom is 0.134 e. The monoisotopic (exact) mass is 290 g/mol. The van der Waals surface area contributed by atoms with Gasteiger partial charge < -0.3 is 9.52 Å². The van der Waals surface area contributed by atoms with Crippen molar-refractivity contribution in [3.63, 3.8) is 0 Å². The van der Waals surface area contributed by atoms with Gasteiger partial charge in [0.1, 0.15) is 5.58 Å². The summed E-state index contributed by atoms with van der Waals surface area (Å²) in [6.45, 7) is 1.85. The van der Waals surface area contributed by atoms with Crippen LogP contribution >= 0.6 is 11.6 Å². The van der Waals surface area contributed by atoms with E-state index in [1.165, 1.54) is 0 Å². The van der Waals surface area contributed by atoms with Crippen LogP contribution in [-0.2, 0) is 13.5 Å². The number of furan rings is 1. The molecule has 1 unspecified atom stereocenters. The standard InChI is InChI=1S/C15H15ClN2O2/c1-9-15(16)12(18(2)17-9)7-13(19)11-8-20-14-6-4-3-5-10(11)14/h3-6,8,13,19H,7H2,1-2H3. The van der Waals surface area contributed by atoms with Gasteiger partial charge in [0.2, 0.25) is 0 Å². The molecule has 2 heterocycles.